The van der Waals surface area contributed by atoms with Gasteiger partial charge in [0.15, 0.2) is 0 Å². The van der Waals surface area contributed by atoms with E-state index in [1.807, 2.05) is 26.0 Å². The SMILES string of the molecule is CC1(C)C(=O)N(c2ccc(C#N)c(Cl)c2)c2ccc(-c3ccc(N4CC(OCCOc5ccc6c(c5)C(=O)N(C5CCC(=O)NC5=O)C6=O)C4)cc3)cc21. The first-order chi connectivity index (χ1) is 25.9. The summed E-state index contributed by atoms with van der Waals surface area (Å²) in [6, 6.07) is 25.0. The summed E-state index contributed by atoms with van der Waals surface area (Å²) in [5, 5.41) is 11.8. The normalized spacial score (nSPS) is 19.0. The molecule has 4 aliphatic rings. The number of benzene rings is 4. The van der Waals surface area contributed by atoms with E-state index in [-0.39, 0.29) is 42.6 Å². The summed E-state index contributed by atoms with van der Waals surface area (Å²) >= 11 is 6.31. The minimum atomic E-state index is -1.02. The van der Waals surface area contributed by atoms with Crippen LogP contribution in [0.2, 0.25) is 5.02 Å². The molecular weight excluding hydrogens is 710 g/mol. The van der Waals surface area contributed by atoms with Gasteiger partial charge in [-0.25, -0.2) is 0 Å². The maximum Gasteiger partial charge on any atom is 0.262 e. The number of nitrogens with one attached hydrogen (secondary N) is 1. The molecule has 1 N–H and O–H groups in total. The van der Waals surface area contributed by atoms with Gasteiger partial charge in [-0.05, 0) is 97.6 Å². The molecule has 54 heavy (non-hydrogen) atoms. The Hall–Kier alpha value is -6.03. The average Bonchev–Trinajstić information content (AvgIpc) is 3.50. The molecule has 12 nitrogen and oxygen atoms in total. The Morgan fingerprint density at radius 3 is 2.30 bits per heavy atom. The number of piperidine rings is 1. The lowest BCUT2D eigenvalue weighted by atomic mass is 9.84. The Labute approximate surface area is 315 Å². The van der Waals surface area contributed by atoms with Gasteiger partial charge in [0.2, 0.25) is 17.7 Å². The van der Waals surface area contributed by atoms with Crippen molar-refractivity contribution in [2.45, 2.75) is 44.2 Å². The van der Waals surface area contributed by atoms with Crippen molar-refractivity contribution < 1.29 is 33.4 Å². The highest BCUT2D eigenvalue weighted by molar-refractivity contribution is 6.32. The first kappa shape index (κ1) is 35.0. The highest BCUT2D eigenvalue weighted by atomic mass is 35.5. The van der Waals surface area contributed by atoms with Crippen LogP contribution in [0.4, 0.5) is 17.1 Å². The largest absolute Gasteiger partial charge is 0.491 e. The second kappa shape index (κ2) is 13.4. The van der Waals surface area contributed by atoms with Crippen molar-refractivity contribution in [1.82, 2.24) is 10.2 Å². The van der Waals surface area contributed by atoms with E-state index < -0.39 is 35.1 Å². The van der Waals surface area contributed by atoms with Gasteiger partial charge in [0.25, 0.3) is 11.8 Å². The molecule has 0 spiro atoms. The summed E-state index contributed by atoms with van der Waals surface area (Å²) in [4.78, 5) is 68.3. The van der Waals surface area contributed by atoms with E-state index in [0.29, 0.717) is 28.6 Å². The zero-order chi connectivity index (χ0) is 37.9. The molecule has 1 unspecified atom stereocenters. The fourth-order valence-electron chi connectivity index (χ4n) is 7.44. The number of hydrogen-bond donors (Lipinski definition) is 1. The van der Waals surface area contributed by atoms with E-state index in [0.717, 1.165) is 46.1 Å². The number of fused-ring (bicyclic) bond motifs is 2. The molecule has 0 bridgehead atoms. The fourth-order valence-corrected chi connectivity index (χ4v) is 7.66. The van der Waals surface area contributed by atoms with Crippen molar-refractivity contribution in [2.24, 2.45) is 0 Å². The van der Waals surface area contributed by atoms with E-state index in [4.69, 9.17) is 21.1 Å². The molecule has 13 heteroatoms. The molecule has 4 aromatic rings. The number of anilines is 3. The molecular formula is C41H34ClN5O7. The van der Waals surface area contributed by atoms with Crippen molar-refractivity contribution in [3.8, 4) is 22.9 Å². The number of amides is 5. The molecule has 272 valence electrons. The van der Waals surface area contributed by atoms with E-state index >= 15 is 0 Å². The third kappa shape index (κ3) is 5.95. The molecule has 1 atom stereocenters. The minimum Gasteiger partial charge on any atom is -0.491 e. The van der Waals surface area contributed by atoms with Crippen LogP contribution >= 0.6 is 11.6 Å². The summed E-state index contributed by atoms with van der Waals surface area (Å²) in [5.41, 5.74) is 5.37. The molecule has 4 aromatic carbocycles. The lowest BCUT2D eigenvalue weighted by Crippen LogP contribution is -2.54. The van der Waals surface area contributed by atoms with E-state index in [1.165, 1.54) is 12.1 Å². The van der Waals surface area contributed by atoms with Crippen LogP contribution in [0.1, 0.15) is 58.5 Å². The Kier molecular flexibility index (Phi) is 8.71. The van der Waals surface area contributed by atoms with Crippen LogP contribution in [0.15, 0.2) is 78.9 Å². The van der Waals surface area contributed by atoms with Gasteiger partial charge in [0, 0.05) is 25.2 Å². The highest BCUT2D eigenvalue weighted by Gasteiger charge is 2.46. The summed E-state index contributed by atoms with van der Waals surface area (Å²) in [5.74, 6) is -1.88. The fraction of sp³-hybridized carbons (Fsp3) is 0.268. The quantitative estimate of drug-likeness (QED) is 0.173. The molecule has 5 amide bonds. The Morgan fingerprint density at radius 1 is 0.852 bits per heavy atom. The molecule has 4 aliphatic heterocycles. The van der Waals surface area contributed by atoms with E-state index in [1.54, 1.807) is 29.2 Å². The van der Waals surface area contributed by atoms with Crippen molar-refractivity contribution in [3.63, 3.8) is 0 Å². The van der Waals surface area contributed by atoms with Gasteiger partial charge in [-0.1, -0.05) is 29.8 Å². The highest BCUT2D eigenvalue weighted by Crippen LogP contribution is 2.47. The number of ether oxygens (including phenoxy) is 2. The second-order valence-corrected chi connectivity index (χ2v) is 14.6. The van der Waals surface area contributed by atoms with E-state index in [9.17, 15) is 29.2 Å². The number of nitriles is 1. The molecule has 0 radical (unpaired) electrons. The van der Waals surface area contributed by atoms with Crippen molar-refractivity contribution in [2.75, 3.05) is 36.1 Å². The maximum absolute atomic E-state index is 13.6. The smallest absolute Gasteiger partial charge is 0.262 e. The predicted molar refractivity (Wildman–Crippen MR) is 199 cm³/mol. The van der Waals surface area contributed by atoms with Crippen LogP contribution in [0.3, 0.4) is 0 Å². The maximum atomic E-state index is 13.6. The van der Waals surface area contributed by atoms with Gasteiger partial charge in [-0.2, -0.15) is 5.26 Å². The second-order valence-electron chi connectivity index (χ2n) is 14.2. The van der Waals surface area contributed by atoms with Gasteiger partial charge >= 0.3 is 0 Å². The Balaban J connectivity index is 0.838. The molecule has 8 rings (SSSR count). The number of halogens is 1. The van der Waals surface area contributed by atoms with Crippen LogP contribution in [0.5, 0.6) is 5.75 Å². The topological polar surface area (TPSA) is 149 Å². The van der Waals surface area contributed by atoms with Gasteiger partial charge in [0.1, 0.15) is 24.5 Å². The third-order valence-electron chi connectivity index (χ3n) is 10.5. The first-order valence-corrected chi connectivity index (χ1v) is 18.0. The standard InChI is InChI=1S/C41H34ClN5O7/c1-41(2)32-17-24(6-12-34(32)46(40(41)52)27-9-5-25(20-43)33(42)18-27)23-3-7-26(8-4-23)45-21-29(22-45)54-16-15-53-28-10-11-30-31(19-28)39(51)47(38(30)50)35-13-14-36(48)44-37(35)49/h3-12,17-19,29,35H,13-16,21-22H2,1-2H3,(H,44,48,49). The number of rotatable bonds is 9. The van der Waals surface area contributed by atoms with Gasteiger partial charge in [-0.3, -0.25) is 39.1 Å². The lowest BCUT2D eigenvalue weighted by Gasteiger charge is -2.40. The van der Waals surface area contributed by atoms with Gasteiger partial charge in [-0.15, -0.1) is 0 Å². The molecule has 4 heterocycles. The van der Waals surface area contributed by atoms with Crippen LogP contribution in [-0.2, 0) is 24.5 Å². The van der Waals surface area contributed by atoms with Crippen molar-refractivity contribution in [3.05, 3.63) is 106 Å². The summed E-state index contributed by atoms with van der Waals surface area (Å²) in [6.45, 7) is 5.84. The average molecular weight is 744 g/mol. The molecule has 0 saturated carbocycles. The van der Waals surface area contributed by atoms with Gasteiger partial charge < -0.3 is 14.4 Å². The van der Waals surface area contributed by atoms with Crippen LogP contribution in [0, 0.1) is 11.3 Å². The number of carbonyl (C=O) groups is 5. The monoisotopic (exact) mass is 743 g/mol. The van der Waals surface area contributed by atoms with Crippen LogP contribution in [0.25, 0.3) is 11.1 Å². The third-order valence-corrected chi connectivity index (χ3v) is 10.8. The summed E-state index contributed by atoms with van der Waals surface area (Å²) in [7, 11) is 0. The number of carbonyl (C=O) groups excluding carboxylic acids is 5. The molecule has 0 aromatic heterocycles. The van der Waals surface area contributed by atoms with Crippen LogP contribution in [-0.4, -0.2) is 72.9 Å². The number of imide groups is 2. The molecule has 2 saturated heterocycles. The lowest BCUT2D eigenvalue weighted by molar-refractivity contribution is -0.136. The minimum absolute atomic E-state index is 0.0278. The number of nitrogens with zero attached hydrogens (tertiary/aromatic N) is 4. The van der Waals surface area contributed by atoms with E-state index in [2.05, 4.69) is 46.6 Å². The molecule has 0 aliphatic carbocycles. The summed E-state index contributed by atoms with van der Waals surface area (Å²) < 4.78 is 11.8. The summed E-state index contributed by atoms with van der Waals surface area (Å²) in [6.07, 6.45) is 0.182. The Morgan fingerprint density at radius 2 is 1.57 bits per heavy atom. The number of hydrogen-bond acceptors (Lipinski definition) is 9. The Bertz CT molecular complexity index is 2310. The van der Waals surface area contributed by atoms with Gasteiger partial charge in [0.05, 0.1) is 51.2 Å². The first-order valence-electron chi connectivity index (χ1n) is 17.6. The van der Waals surface area contributed by atoms with Crippen LogP contribution < -0.4 is 19.9 Å². The predicted octanol–water partition coefficient (Wildman–Crippen LogP) is 5.52. The zero-order valence-electron chi connectivity index (χ0n) is 29.4. The molecule has 2 fully saturated rings. The van der Waals surface area contributed by atoms with Crippen molar-refractivity contribution in [1.29, 1.82) is 5.26 Å². The van der Waals surface area contributed by atoms with Crippen molar-refractivity contribution >= 4 is 58.2 Å². The zero-order valence-corrected chi connectivity index (χ0v) is 30.2.